The van der Waals surface area contributed by atoms with Crippen molar-refractivity contribution in [2.75, 3.05) is 0 Å². The molecule has 2 heteroatoms. The first-order chi connectivity index (χ1) is 3.52. The first-order valence-electron chi connectivity index (χ1n) is 2.72. The highest BCUT2D eigenvalue weighted by Crippen LogP contribution is 2.52. The van der Waals surface area contributed by atoms with E-state index in [0.29, 0.717) is 0 Å². The third-order valence-corrected chi connectivity index (χ3v) is 2.00. The molecule has 44 valence electrons. The standard InChI is InChI=1S/C6H10N2/c1-5(2)3-6(5,8)4-7/h3,8H2,1-2H3/t6-/m1/s1. The van der Waals surface area contributed by atoms with Crippen molar-refractivity contribution >= 4 is 0 Å². The largest absolute Gasteiger partial charge is 0.313 e. The number of nitrogens with two attached hydrogens (primary N) is 1. The van der Waals surface area contributed by atoms with Gasteiger partial charge in [0, 0.05) is 0 Å². The summed E-state index contributed by atoms with van der Waals surface area (Å²) in [6, 6.07) is 2.08. The van der Waals surface area contributed by atoms with Crippen molar-refractivity contribution in [2.24, 2.45) is 11.1 Å². The van der Waals surface area contributed by atoms with E-state index in [-0.39, 0.29) is 5.41 Å². The Morgan fingerprint density at radius 1 is 1.62 bits per heavy atom. The van der Waals surface area contributed by atoms with Crippen molar-refractivity contribution in [1.29, 1.82) is 5.26 Å². The van der Waals surface area contributed by atoms with Crippen LogP contribution in [0, 0.1) is 16.7 Å². The Bertz CT molecular complexity index is 154. The molecular weight excluding hydrogens is 100 g/mol. The van der Waals surface area contributed by atoms with E-state index in [1.807, 2.05) is 13.8 Å². The molecule has 2 N–H and O–H groups in total. The van der Waals surface area contributed by atoms with E-state index in [2.05, 4.69) is 6.07 Å². The molecule has 0 aliphatic heterocycles. The quantitative estimate of drug-likeness (QED) is 0.497. The summed E-state index contributed by atoms with van der Waals surface area (Å²) in [6.45, 7) is 4.02. The molecule has 0 radical (unpaired) electrons. The molecule has 0 heterocycles. The van der Waals surface area contributed by atoms with Gasteiger partial charge in [0.05, 0.1) is 6.07 Å². The fraction of sp³-hybridized carbons (Fsp3) is 0.833. The van der Waals surface area contributed by atoms with E-state index in [9.17, 15) is 0 Å². The molecule has 0 amide bonds. The van der Waals surface area contributed by atoms with Gasteiger partial charge in [0.15, 0.2) is 0 Å². The molecule has 0 unspecified atom stereocenters. The monoisotopic (exact) mass is 110 g/mol. The number of hydrogen-bond donors (Lipinski definition) is 1. The summed E-state index contributed by atoms with van der Waals surface area (Å²) in [5.41, 5.74) is 5.13. The predicted molar refractivity (Wildman–Crippen MR) is 30.9 cm³/mol. The molecule has 1 aliphatic carbocycles. The Morgan fingerprint density at radius 3 is 2.00 bits per heavy atom. The summed E-state index contributed by atoms with van der Waals surface area (Å²) in [5, 5.41) is 8.43. The Labute approximate surface area is 49.3 Å². The highest BCUT2D eigenvalue weighted by Gasteiger charge is 2.59. The first-order valence-corrected chi connectivity index (χ1v) is 2.72. The van der Waals surface area contributed by atoms with Crippen LogP contribution >= 0.6 is 0 Å². The van der Waals surface area contributed by atoms with E-state index in [1.54, 1.807) is 0 Å². The van der Waals surface area contributed by atoms with Gasteiger partial charge in [-0.05, 0) is 11.8 Å². The van der Waals surface area contributed by atoms with Crippen LogP contribution in [0.2, 0.25) is 0 Å². The van der Waals surface area contributed by atoms with Gasteiger partial charge in [-0.1, -0.05) is 13.8 Å². The fourth-order valence-corrected chi connectivity index (χ4v) is 0.844. The summed E-state index contributed by atoms with van der Waals surface area (Å²) in [4.78, 5) is 0. The summed E-state index contributed by atoms with van der Waals surface area (Å²) < 4.78 is 0. The van der Waals surface area contributed by atoms with Gasteiger partial charge in [-0.25, -0.2) is 0 Å². The smallest absolute Gasteiger partial charge is 0.110 e. The number of nitrogens with zero attached hydrogens (tertiary/aromatic N) is 1. The number of nitriles is 1. The van der Waals surface area contributed by atoms with E-state index < -0.39 is 5.54 Å². The Balaban J connectivity index is 2.72. The van der Waals surface area contributed by atoms with E-state index in [4.69, 9.17) is 11.0 Å². The van der Waals surface area contributed by atoms with Crippen molar-refractivity contribution in [3.63, 3.8) is 0 Å². The van der Waals surface area contributed by atoms with E-state index in [0.717, 1.165) is 6.42 Å². The minimum absolute atomic E-state index is 0.0712. The van der Waals surface area contributed by atoms with Crippen molar-refractivity contribution in [1.82, 2.24) is 0 Å². The van der Waals surface area contributed by atoms with Gasteiger partial charge in [0.25, 0.3) is 0 Å². The summed E-state index contributed by atoms with van der Waals surface area (Å²) in [6.07, 6.45) is 0.844. The van der Waals surface area contributed by atoms with Gasteiger partial charge in [-0.3, -0.25) is 0 Å². The van der Waals surface area contributed by atoms with Crippen LogP contribution in [0.15, 0.2) is 0 Å². The molecule has 0 saturated heterocycles. The molecule has 1 aliphatic rings. The summed E-state index contributed by atoms with van der Waals surface area (Å²) in [5.74, 6) is 0. The second-order valence-electron chi connectivity index (χ2n) is 3.14. The molecule has 1 rings (SSSR count). The molecule has 0 aromatic rings. The summed E-state index contributed by atoms with van der Waals surface area (Å²) in [7, 11) is 0. The topological polar surface area (TPSA) is 49.8 Å². The highest BCUT2D eigenvalue weighted by atomic mass is 14.9. The van der Waals surface area contributed by atoms with Crippen LogP contribution in [0.1, 0.15) is 20.3 Å². The molecule has 0 spiro atoms. The van der Waals surface area contributed by atoms with Crippen LogP contribution in [0.3, 0.4) is 0 Å². The van der Waals surface area contributed by atoms with Crippen molar-refractivity contribution in [2.45, 2.75) is 25.8 Å². The van der Waals surface area contributed by atoms with Crippen LogP contribution in [-0.2, 0) is 0 Å². The zero-order valence-corrected chi connectivity index (χ0v) is 5.23. The maximum atomic E-state index is 8.43. The van der Waals surface area contributed by atoms with Gasteiger partial charge in [0.2, 0.25) is 0 Å². The minimum atomic E-state index is -0.507. The predicted octanol–water partition coefficient (Wildman–Crippen LogP) is 0.637. The molecule has 1 fully saturated rings. The normalized spacial score (nSPS) is 40.8. The third kappa shape index (κ3) is 0.452. The lowest BCUT2D eigenvalue weighted by Gasteiger charge is -2.01. The van der Waals surface area contributed by atoms with Gasteiger partial charge in [-0.15, -0.1) is 0 Å². The zero-order valence-electron chi connectivity index (χ0n) is 5.23. The first kappa shape index (κ1) is 5.58. The van der Waals surface area contributed by atoms with Gasteiger partial charge < -0.3 is 5.73 Å². The molecular formula is C6H10N2. The van der Waals surface area contributed by atoms with Crippen molar-refractivity contribution < 1.29 is 0 Å². The highest BCUT2D eigenvalue weighted by molar-refractivity contribution is 5.27. The Kier molecular flexibility index (Phi) is 0.739. The average molecular weight is 110 g/mol. The second-order valence-corrected chi connectivity index (χ2v) is 3.14. The van der Waals surface area contributed by atoms with Crippen LogP contribution in [0.5, 0.6) is 0 Å². The maximum absolute atomic E-state index is 8.43. The maximum Gasteiger partial charge on any atom is 0.110 e. The van der Waals surface area contributed by atoms with Gasteiger partial charge in [0.1, 0.15) is 5.54 Å². The van der Waals surface area contributed by atoms with Crippen LogP contribution in [0.25, 0.3) is 0 Å². The molecule has 2 nitrogen and oxygen atoms in total. The van der Waals surface area contributed by atoms with E-state index in [1.165, 1.54) is 0 Å². The van der Waals surface area contributed by atoms with Crippen molar-refractivity contribution in [3.8, 4) is 6.07 Å². The Hall–Kier alpha value is -0.550. The average Bonchev–Trinajstić information content (AvgIpc) is 2.10. The van der Waals surface area contributed by atoms with Crippen LogP contribution in [-0.4, -0.2) is 5.54 Å². The van der Waals surface area contributed by atoms with Crippen molar-refractivity contribution in [3.05, 3.63) is 0 Å². The molecule has 0 aromatic heterocycles. The molecule has 1 saturated carbocycles. The molecule has 0 aromatic carbocycles. The lowest BCUT2D eigenvalue weighted by molar-refractivity contribution is 0.566. The lowest BCUT2D eigenvalue weighted by atomic mass is 10.1. The molecule has 8 heavy (non-hydrogen) atoms. The molecule has 0 bridgehead atoms. The SMILES string of the molecule is CC1(C)C[C@@]1(N)C#N. The third-order valence-electron chi connectivity index (χ3n) is 2.00. The lowest BCUT2D eigenvalue weighted by Crippen LogP contribution is -2.25. The number of rotatable bonds is 0. The summed E-state index contributed by atoms with van der Waals surface area (Å²) >= 11 is 0. The number of hydrogen-bond acceptors (Lipinski definition) is 2. The van der Waals surface area contributed by atoms with Gasteiger partial charge >= 0.3 is 0 Å². The zero-order chi connectivity index (χ0) is 6.41. The molecule has 1 atom stereocenters. The van der Waals surface area contributed by atoms with Crippen LogP contribution in [0.4, 0.5) is 0 Å². The minimum Gasteiger partial charge on any atom is -0.313 e. The Morgan fingerprint density at radius 2 is 2.00 bits per heavy atom. The van der Waals surface area contributed by atoms with Gasteiger partial charge in [-0.2, -0.15) is 5.26 Å². The van der Waals surface area contributed by atoms with Crippen LogP contribution < -0.4 is 5.73 Å². The van der Waals surface area contributed by atoms with E-state index >= 15 is 0 Å². The second kappa shape index (κ2) is 1.06. The fourth-order valence-electron chi connectivity index (χ4n) is 0.844.